The van der Waals surface area contributed by atoms with Gasteiger partial charge in [0.1, 0.15) is 11.6 Å². The summed E-state index contributed by atoms with van der Waals surface area (Å²) in [6, 6.07) is 3.95. The zero-order chi connectivity index (χ0) is 12.8. The summed E-state index contributed by atoms with van der Waals surface area (Å²) in [5.74, 6) is 1.86. The van der Waals surface area contributed by atoms with Gasteiger partial charge in [-0.05, 0) is 25.5 Å². The number of hydrogen-bond donors (Lipinski definition) is 1. The zero-order valence-electron chi connectivity index (χ0n) is 10.9. The Balaban J connectivity index is 2.06. The van der Waals surface area contributed by atoms with Crippen molar-refractivity contribution in [3.63, 3.8) is 0 Å². The predicted molar refractivity (Wildman–Crippen MR) is 71.5 cm³/mol. The fourth-order valence-electron chi connectivity index (χ4n) is 1.84. The van der Waals surface area contributed by atoms with Crippen molar-refractivity contribution in [1.82, 2.24) is 19.7 Å². The number of rotatable bonds is 6. The average Bonchev–Trinajstić information content (AvgIpc) is 2.80. The monoisotopic (exact) mass is 245 g/mol. The van der Waals surface area contributed by atoms with Crippen molar-refractivity contribution in [2.45, 2.75) is 33.2 Å². The van der Waals surface area contributed by atoms with Crippen LogP contribution in [0.15, 0.2) is 24.5 Å². The molecule has 0 aromatic carbocycles. The van der Waals surface area contributed by atoms with E-state index in [1.807, 2.05) is 31.5 Å². The van der Waals surface area contributed by atoms with Gasteiger partial charge in [-0.1, -0.05) is 6.92 Å². The molecule has 1 N–H and O–H groups in total. The molecular formula is C13H19N5. The second kappa shape index (κ2) is 6.14. The lowest BCUT2D eigenvalue weighted by Gasteiger charge is -2.06. The highest BCUT2D eigenvalue weighted by Crippen LogP contribution is 2.08. The Bertz CT molecular complexity index is 474. The minimum absolute atomic E-state index is 0.729. The number of nitrogens with zero attached hydrogens (tertiary/aromatic N) is 4. The van der Waals surface area contributed by atoms with Crippen LogP contribution < -0.4 is 5.32 Å². The summed E-state index contributed by atoms with van der Waals surface area (Å²) in [6.07, 6.45) is 5.69. The van der Waals surface area contributed by atoms with E-state index in [1.54, 1.807) is 0 Å². The van der Waals surface area contributed by atoms with Gasteiger partial charge in [-0.15, -0.1) is 5.10 Å². The van der Waals surface area contributed by atoms with Gasteiger partial charge in [0.2, 0.25) is 0 Å². The van der Waals surface area contributed by atoms with Crippen LogP contribution in [-0.2, 0) is 13.0 Å². The second-order valence-corrected chi connectivity index (χ2v) is 4.15. The largest absolute Gasteiger partial charge is 0.369 e. The summed E-state index contributed by atoms with van der Waals surface area (Å²) in [5, 5.41) is 11.5. The lowest BCUT2D eigenvalue weighted by molar-refractivity contribution is 0.643. The van der Waals surface area contributed by atoms with Gasteiger partial charge in [0, 0.05) is 25.5 Å². The fourth-order valence-corrected chi connectivity index (χ4v) is 1.84. The molecule has 0 saturated carbocycles. The standard InChI is InChI=1S/C13H19N5/c1-3-8-18-9-7-15-13(18)10-11-5-6-12(14-4-2)17-16-11/h5-7,9H,3-4,8,10H2,1-2H3,(H,14,17). The highest BCUT2D eigenvalue weighted by Gasteiger charge is 2.05. The van der Waals surface area contributed by atoms with E-state index in [1.165, 1.54) is 0 Å². The normalized spacial score (nSPS) is 10.6. The summed E-state index contributed by atoms with van der Waals surface area (Å²) in [7, 11) is 0. The molecule has 0 unspecified atom stereocenters. The first-order valence-electron chi connectivity index (χ1n) is 6.40. The Morgan fingerprint density at radius 3 is 2.78 bits per heavy atom. The van der Waals surface area contributed by atoms with Gasteiger partial charge in [-0.3, -0.25) is 0 Å². The molecule has 2 aromatic heterocycles. The van der Waals surface area contributed by atoms with E-state index < -0.39 is 0 Å². The van der Waals surface area contributed by atoms with E-state index in [2.05, 4.69) is 32.0 Å². The summed E-state index contributed by atoms with van der Waals surface area (Å²) in [5.41, 5.74) is 0.945. The number of nitrogens with one attached hydrogen (secondary N) is 1. The summed E-state index contributed by atoms with van der Waals surface area (Å²) in [6.45, 7) is 6.05. The summed E-state index contributed by atoms with van der Waals surface area (Å²) in [4.78, 5) is 4.37. The molecule has 2 aromatic rings. The second-order valence-electron chi connectivity index (χ2n) is 4.15. The van der Waals surface area contributed by atoms with Crippen molar-refractivity contribution in [2.24, 2.45) is 0 Å². The Morgan fingerprint density at radius 2 is 2.11 bits per heavy atom. The molecule has 5 heteroatoms. The predicted octanol–water partition coefficient (Wildman–Crippen LogP) is 2.11. The maximum absolute atomic E-state index is 4.37. The highest BCUT2D eigenvalue weighted by molar-refractivity contribution is 5.32. The topological polar surface area (TPSA) is 55.6 Å². The molecule has 0 aliphatic carbocycles. The molecule has 0 saturated heterocycles. The van der Waals surface area contributed by atoms with E-state index in [9.17, 15) is 0 Å². The summed E-state index contributed by atoms with van der Waals surface area (Å²) < 4.78 is 2.17. The van der Waals surface area contributed by atoms with Crippen molar-refractivity contribution in [1.29, 1.82) is 0 Å². The number of aryl methyl sites for hydroxylation is 1. The van der Waals surface area contributed by atoms with E-state index in [0.717, 1.165) is 43.3 Å². The van der Waals surface area contributed by atoms with Crippen molar-refractivity contribution in [3.8, 4) is 0 Å². The Labute approximate surface area is 107 Å². The first-order valence-corrected chi connectivity index (χ1v) is 6.40. The zero-order valence-corrected chi connectivity index (χ0v) is 10.9. The van der Waals surface area contributed by atoms with Crippen LogP contribution in [0.2, 0.25) is 0 Å². The lowest BCUT2D eigenvalue weighted by atomic mass is 10.2. The molecule has 18 heavy (non-hydrogen) atoms. The van der Waals surface area contributed by atoms with Crippen LogP contribution in [0.4, 0.5) is 5.82 Å². The maximum atomic E-state index is 4.37. The molecule has 0 bridgehead atoms. The highest BCUT2D eigenvalue weighted by atomic mass is 15.2. The molecule has 96 valence electrons. The SMILES string of the molecule is CCCn1ccnc1Cc1ccc(NCC)nn1. The minimum Gasteiger partial charge on any atom is -0.369 e. The van der Waals surface area contributed by atoms with Crippen molar-refractivity contribution in [3.05, 3.63) is 36.0 Å². The Hall–Kier alpha value is -1.91. The van der Waals surface area contributed by atoms with Gasteiger partial charge in [0.15, 0.2) is 0 Å². The number of anilines is 1. The van der Waals surface area contributed by atoms with Gasteiger partial charge in [-0.2, -0.15) is 5.10 Å². The van der Waals surface area contributed by atoms with E-state index >= 15 is 0 Å². The molecule has 0 radical (unpaired) electrons. The fraction of sp³-hybridized carbons (Fsp3) is 0.462. The van der Waals surface area contributed by atoms with Gasteiger partial charge < -0.3 is 9.88 Å². The number of hydrogen-bond acceptors (Lipinski definition) is 4. The van der Waals surface area contributed by atoms with E-state index in [0.29, 0.717) is 0 Å². The van der Waals surface area contributed by atoms with Crippen LogP contribution in [0.5, 0.6) is 0 Å². The maximum Gasteiger partial charge on any atom is 0.148 e. The molecular weight excluding hydrogens is 226 g/mol. The van der Waals surface area contributed by atoms with E-state index in [4.69, 9.17) is 0 Å². The molecule has 2 heterocycles. The van der Waals surface area contributed by atoms with Gasteiger partial charge in [0.05, 0.1) is 12.1 Å². The quantitative estimate of drug-likeness (QED) is 0.846. The first-order chi connectivity index (χ1) is 8.83. The van der Waals surface area contributed by atoms with Crippen LogP contribution >= 0.6 is 0 Å². The first kappa shape index (κ1) is 12.5. The Morgan fingerprint density at radius 1 is 1.22 bits per heavy atom. The van der Waals surface area contributed by atoms with Crippen molar-refractivity contribution < 1.29 is 0 Å². The summed E-state index contributed by atoms with van der Waals surface area (Å²) >= 11 is 0. The van der Waals surface area contributed by atoms with Crippen molar-refractivity contribution in [2.75, 3.05) is 11.9 Å². The molecule has 0 spiro atoms. The van der Waals surface area contributed by atoms with E-state index in [-0.39, 0.29) is 0 Å². The van der Waals surface area contributed by atoms with Crippen LogP contribution in [0.1, 0.15) is 31.8 Å². The third-order valence-corrected chi connectivity index (χ3v) is 2.68. The third-order valence-electron chi connectivity index (χ3n) is 2.68. The lowest BCUT2D eigenvalue weighted by Crippen LogP contribution is -2.06. The molecule has 0 aliphatic heterocycles. The van der Waals surface area contributed by atoms with Crippen LogP contribution in [0.3, 0.4) is 0 Å². The van der Waals surface area contributed by atoms with Crippen LogP contribution in [0.25, 0.3) is 0 Å². The molecule has 0 fully saturated rings. The molecule has 0 atom stereocenters. The smallest absolute Gasteiger partial charge is 0.148 e. The molecule has 0 amide bonds. The van der Waals surface area contributed by atoms with Crippen LogP contribution in [0, 0.1) is 0 Å². The average molecular weight is 245 g/mol. The van der Waals surface area contributed by atoms with Gasteiger partial charge in [0.25, 0.3) is 0 Å². The number of aromatic nitrogens is 4. The van der Waals surface area contributed by atoms with Crippen molar-refractivity contribution >= 4 is 5.82 Å². The molecule has 5 nitrogen and oxygen atoms in total. The van der Waals surface area contributed by atoms with Gasteiger partial charge >= 0.3 is 0 Å². The molecule has 0 aliphatic rings. The number of imidazole rings is 1. The van der Waals surface area contributed by atoms with Gasteiger partial charge in [-0.25, -0.2) is 4.98 Å². The Kier molecular flexibility index (Phi) is 4.28. The third kappa shape index (κ3) is 3.06. The van der Waals surface area contributed by atoms with Crippen LogP contribution in [-0.4, -0.2) is 26.3 Å². The molecule has 2 rings (SSSR count). The minimum atomic E-state index is 0.729.